The minimum Gasteiger partial charge on any atom is -0.411 e. The molecular weight excluding hydrogens is 168 g/mol. The Kier molecular flexibility index (Phi) is 4.12. The molecule has 0 aromatic heterocycles. The lowest BCUT2D eigenvalue weighted by molar-refractivity contribution is 0.313. The normalized spacial score (nSPS) is 27.4. The lowest BCUT2D eigenvalue weighted by Gasteiger charge is -2.15. The Morgan fingerprint density at radius 3 is 2.77 bits per heavy atom. The Morgan fingerprint density at radius 1 is 1.31 bits per heavy atom. The van der Waals surface area contributed by atoms with Gasteiger partial charge >= 0.3 is 0 Å². The molecule has 0 bridgehead atoms. The van der Waals surface area contributed by atoms with Gasteiger partial charge in [0.2, 0.25) is 0 Å². The van der Waals surface area contributed by atoms with E-state index in [4.69, 9.17) is 10.7 Å². The Labute approximate surface area is 77.1 Å². The highest BCUT2D eigenvalue weighted by atomic mass is 16.4. The molecule has 0 spiro atoms. The molecule has 1 N–H and O–H groups in total. The van der Waals surface area contributed by atoms with Crippen LogP contribution in [0.3, 0.4) is 0 Å². The molecular formula is C8H14N4O. The standard InChI is InChI=1S/C8H14N4O/c9-12-10-7-5-3-1-2-4-6-8(7)11-13/h7,13H,1-6H2/b11-8-. The Morgan fingerprint density at radius 2 is 2.08 bits per heavy atom. The van der Waals surface area contributed by atoms with Crippen molar-refractivity contribution in [1.82, 2.24) is 0 Å². The van der Waals surface area contributed by atoms with Crippen LogP contribution in [0.5, 0.6) is 0 Å². The summed E-state index contributed by atoms with van der Waals surface area (Å²) in [5, 5.41) is 15.5. The van der Waals surface area contributed by atoms with E-state index < -0.39 is 0 Å². The van der Waals surface area contributed by atoms with Crippen LogP contribution in [0.1, 0.15) is 38.5 Å². The maximum absolute atomic E-state index is 8.71. The molecule has 5 nitrogen and oxygen atoms in total. The SMILES string of the molecule is [N-]=[N+]=NC1CCCCCC/C1=N/O. The minimum absolute atomic E-state index is 0.227. The van der Waals surface area contributed by atoms with Gasteiger partial charge in [0, 0.05) is 4.91 Å². The topological polar surface area (TPSA) is 81.4 Å². The number of oxime groups is 1. The van der Waals surface area contributed by atoms with Gasteiger partial charge in [-0.05, 0) is 24.8 Å². The van der Waals surface area contributed by atoms with Crippen LogP contribution >= 0.6 is 0 Å². The smallest absolute Gasteiger partial charge is 0.0791 e. The van der Waals surface area contributed by atoms with Gasteiger partial charge in [-0.3, -0.25) is 0 Å². The van der Waals surface area contributed by atoms with Crippen molar-refractivity contribution in [3.63, 3.8) is 0 Å². The summed E-state index contributed by atoms with van der Waals surface area (Å²) in [6.07, 6.45) is 5.97. The number of azide groups is 1. The number of hydrogen-bond donors (Lipinski definition) is 1. The molecule has 1 atom stereocenters. The monoisotopic (exact) mass is 182 g/mol. The average Bonchev–Trinajstić information content (AvgIpc) is 2.10. The van der Waals surface area contributed by atoms with E-state index in [2.05, 4.69) is 15.2 Å². The van der Waals surface area contributed by atoms with Gasteiger partial charge in [-0.15, -0.1) is 0 Å². The van der Waals surface area contributed by atoms with Crippen LogP contribution in [0.2, 0.25) is 0 Å². The second-order valence-corrected chi connectivity index (χ2v) is 3.26. The second-order valence-electron chi connectivity index (χ2n) is 3.26. The van der Waals surface area contributed by atoms with E-state index in [0.29, 0.717) is 5.71 Å². The summed E-state index contributed by atoms with van der Waals surface area (Å²) in [4.78, 5) is 2.76. The summed E-state index contributed by atoms with van der Waals surface area (Å²) in [6.45, 7) is 0. The van der Waals surface area contributed by atoms with Crippen LogP contribution in [-0.4, -0.2) is 17.0 Å². The third-order valence-corrected chi connectivity index (χ3v) is 2.36. The molecule has 1 fully saturated rings. The molecule has 0 radical (unpaired) electrons. The predicted molar refractivity (Wildman–Crippen MR) is 49.9 cm³/mol. The van der Waals surface area contributed by atoms with Crippen molar-refractivity contribution in [2.75, 3.05) is 0 Å². The zero-order valence-electron chi connectivity index (χ0n) is 7.56. The van der Waals surface area contributed by atoms with E-state index in [1.807, 2.05) is 0 Å². The van der Waals surface area contributed by atoms with Crippen molar-refractivity contribution >= 4 is 5.71 Å². The molecule has 5 heteroatoms. The van der Waals surface area contributed by atoms with Crippen molar-refractivity contribution in [2.45, 2.75) is 44.6 Å². The molecule has 0 aliphatic heterocycles. The molecule has 1 aliphatic rings. The fraction of sp³-hybridized carbons (Fsp3) is 0.875. The van der Waals surface area contributed by atoms with Gasteiger partial charge < -0.3 is 5.21 Å². The van der Waals surface area contributed by atoms with E-state index in [1.165, 1.54) is 12.8 Å². The molecule has 1 aliphatic carbocycles. The molecule has 0 saturated heterocycles. The fourth-order valence-electron chi connectivity index (χ4n) is 1.63. The predicted octanol–water partition coefficient (Wildman–Crippen LogP) is 2.85. The molecule has 13 heavy (non-hydrogen) atoms. The van der Waals surface area contributed by atoms with E-state index in [9.17, 15) is 0 Å². The molecule has 1 unspecified atom stereocenters. The van der Waals surface area contributed by atoms with E-state index in [1.54, 1.807) is 0 Å². The van der Waals surface area contributed by atoms with Crippen LogP contribution in [-0.2, 0) is 0 Å². The molecule has 1 saturated carbocycles. The van der Waals surface area contributed by atoms with Crippen LogP contribution in [0.4, 0.5) is 0 Å². The first-order valence-corrected chi connectivity index (χ1v) is 4.63. The third kappa shape index (κ3) is 2.95. The first-order chi connectivity index (χ1) is 6.38. The number of nitrogens with zero attached hydrogens (tertiary/aromatic N) is 4. The van der Waals surface area contributed by atoms with Gasteiger partial charge in [0.1, 0.15) is 0 Å². The molecule has 72 valence electrons. The van der Waals surface area contributed by atoms with Crippen molar-refractivity contribution in [3.8, 4) is 0 Å². The Bertz CT molecular complexity index is 232. The number of rotatable bonds is 1. The fourth-order valence-corrected chi connectivity index (χ4v) is 1.63. The van der Waals surface area contributed by atoms with E-state index in [0.717, 1.165) is 25.7 Å². The largest absolute Gasteiger partial charge is 0.411 e. The van der Waals surface area contributed by atoms with Crippen molar-refractivity contribution in [3.05, 3.63) is 10.4 Å². The Balaban J connectivity index is 2.66. The molecule has 0 aromatic carbocycles. The summed E-state index contributed by atoms with van der Waals surface area (Å²) in [5.41, 5.74) is 8.95. The summed E-state index contributed by atoms with van der Waals surface area (Å²) < 4.78 is 0. The lowest BCUT2D eigenvalue weighted by Crippen LogP contribution is -2.19. The van der Waals surface area contributed by atoms with E-state index >= 15 is 0 Å². The molecule has 0 aromatic rings. The van der Waals surface area contributed by atoms with E-state index in [-0.39, 0.29) is 6.04 Å². The van der Waals surface area contributed by atoms with Crippen LogP contribution < -0.4 is 0 Å². The van der Waals surface area contributed by atoms with Crippen LogP contribution in [0.25, 0.3) is 10.4 Å². The number of hydrogen-bond acceptors (Lipinski definition) is 3. The zero-order valence-corrected chi connectivity index (χ0v) is 7.56. The van der Waals surface area contributed by atoms with Crippen LogP contribution in [0.15, 0.2) is 10.3 Å². The average molecular weight is 182 g/mol. The van der Waals surface area contributed by atoms with Gasteiger partial charge in [-0.25, -0.2) is 0 Å². The molecule has 0 amide bonds. The van der Waals surface area contributed by atoms with Crippen molar-refractivity contribution < 1.29 is 5.21 Å². The second kappa shape index (κ2) is 5.43. The quantitative estimate of drug-likeness (QED) is 0.218. The van der Waals surface area contributed by atoms with Gasteiger partial charge in [-0.1, -0.05) is 29.5 Å². The molecule has 1 rings (SSSR count). The highest BCUT2D eigenvalue weighted by molar-refractivity contribution is 5.89. The third-order valence-electron chi connectivity index (χ3n) is 2.36. The van der Waals surface area contributed by atoms with Crippen molar-refractivity contribution in [2.24, 2.45) is 10.3 Å². The van der Waals surface area contributed by atoms with Gasteiger partial charge in [0.25, 0.3) is 0 Å². The first-order valence-electron chi connectivity index (χ1n) is 4.63. The first kappa shape index (κ1) is 9.86. The van der Waals surface area contributed by atoms with Crippen LogP contribution in [0, 0.1) is 0 Å². The van der Waals surface area contributed by atoms with Gasteiger partial charge in [0.05, 0.1) is 11.8 Å². The summed E-state index contributed by atoms with van der Waals surface area (Å²) in [7, 11) is 0. The minimum atomic E-state index is -0.227. The van der Waals surface area contributed by atoms with Gasteiger partial charge in [-0.2, -0.15) is 0 Å². The maximum atomic E-state index is 8.71. The van der Waals surface area contributed by atoms with Crippen molar-refractivity contribution in [1.29, 1.82) is 0 Å². The lowest BCUT2D eigenvalue weighted by atomic mass is 9.95. The summed E-state index contributed by atoms with van der Waals surface area (Å²) in [5.74, 6) is 0. The zero-order chi connectivity index (χ0) is 9.52. The summed E-state index contributed by atoms with van der Waals surface area (Å²) in [6, 6.07) is -0.227. The summed E-state index contributed by atoms with van der Waals surface area (Å²) >= 11 is 0. The highest BCUT2D eigenvalue weighted by Gasteiger charge is 2.16. The maximum Gasteiger partial charge on any atom is 0.0791 e. The van der Waals surface area contributed by atoms with Gasteiger partial charge in [0.15, 0.2) is 0 Å². The molecule has 0 heterocycles. The Hall–Kier alpha value is -1.22. The highest BCUT2D eigenvalue weighted by Crippen LogP contribution is 2.17.